The lowest BCUT2D eigenvalue weighted by atomic mass is 10.0. The Hall–Kier alpha value is -1.55. The number of benzene rings is 1. The average molecular weight is 221 g/mol. The number of epoxide rings is 1. The molecule has 1 unspecified atom stereocenters. The maximum absolute atomic E-state index is 11.0. The molecule has 0 aliphatic carbocycles. The SMILES string of the molecule is COc1ccc(NC(C)=O)cc1C1(C)CO1. The zero-order valence-corrected chi connectivity index (χ0v) is 9.66. The van der Waals surface area contributed by atoms with Gasteiger partial charge in [0.05, 0.1) is 13.7 Å². The standard InChI is InChI=1S/C12H15NO3/c1-8(14)13-9-4-5-11(15-3)10(6-9)12(2)7-16-12/h4-6H,7H2,1-3H3,(H,13,14). The molecule has 0 saturated carbocycles. The zero-order valence-electron chi connectivity index (χ0n) is 9.66. The molecule has 1 fully saturated rings. The third-order valence-corrected chi connectivity index (χ3v) is 2.67. The van der Waals surface area contributed by atoms with Crippen LogP contribution in [0, 0.1) is 0 Å². The predicted molar refractivity (Wildman–Crippen MR) is 60.6 cm³/mol. The van der Waals surface area contributed by atoms with Crippen molar-refractivity contribution in [2.45, 2.75) is 19.4 Å². The van der Waals surface area contributed by atoms with Crippen molar-refractivity contribution in [1.29, 1.82) is 0 Å². The summed E-state index contributed by atoms with van der Waals surface area (Å²) < 4.78 is 10.7. The third-order valence-electron chi connectivity index (χ3n) is 2.67. The monoisotopic (exact) mass is 221 g/mol. The van der Waals surface area contributed by atoms with Crippen molar-refractivity contribution in [3.63, 3.8) is 0 Å². The quantitative estimate of drug-likeness (QED) is 0.793. The summed E-state index contributed by atoms with van der Waals surface area (Å²) in [5, 5.41) is 2.75. The van der Waals surface area contributed by atoms with E-state index >= 15 is 0 Å². The number of ether oxygens (including phenoxy) is 2. The van der Waals surface area contributed by atoms with Crippen LogP contribution in [-0.4, -0.2) is 19.6 Å². The number of hydrogen-bond acceptors (Lipinski definition) is 3. The van der Waals surface area contributed by atoms with E-state index < -0.39 is 0 Å². The van der Waals surface area contributed by atoms with Gasteiger partial charge in [0.1, 0.15) is 11.4 Å². The molecule has 1 aliphatic rings. The Morgan fingerprint density at radius 1 is 1.56 bits per heavy atom. The highest BCUT2D eigenvalue weighted by Crippen LogP contribution is 2.43. The van der Waals surface area contributed by atoms with Crippen LogP contribution in [0.3, 0.4) is 0 Å². The van der Waals surface area contributed by atoms with Gasteiger partial charge in [-0.3, -0.25) is 4.79 Å². The van der Waals surface area contributed by atoms with Gasteiger partial charge in [-0.1, -0.05) is 0 Å². The van der Waals surface area contributed by atoms with E-state index in [9.17, 15) is 4.79 Å². The van der Waals surface area contributed by atoms with E-state index in [2.05, 4.69) is 5.32 Å². The molecule has 0 spiro atoms. The molecule has 1 aromatic rings. The first kappa shape index (κ1) is 11.0. The number of carbonyl (C=O) groups excluding carboxylic acids is 1. The normalized spacial score (nSPS) is 22.7. The average Bonchev–Trinajstić information content (AvgIpc) is 2.97. The Morgan fingerprint density at radius 2 is 2.25 bits per heavy atom. The lowest BCUT2D eigenvalue weighted by Gasteiger charge is -2.13. The summed E-state index contributed by atoms with van der Waals surface area (Å²) in [6, 6.07) is 5.55. The summed E-state index contributed by atoms with van der Waals surface area (Å²) in [6.45, 7) is 4.18. The molecule has 16 heavy (non-hydrogen) atoms. The summed E-state index contributed by atoms with van der Waals surface area (Å²) in [4.78, 5) is 11.0. The molecule has 1 aliphatic heterocycles. The van der Waals surface area contributed by atoms with Gasteiger partial charge < -0.3 is 14.8 Å². The predicted octanol–water partition coefficient (Wildman–Crippen LogP) is 1.90. The van der Waals surface area contributed by atoms with Gasteiger partial charge in [-0.2, -0.15) is 0 Å². The Balaban J connectivity index is 2.35. The summed E-state index contributed by atoms with van der Waals surface area (Å²) in [7, 11) is 1.63. The van der Waals surface area contributed by atoms with E-state index in [0.717, 1.165) is 17.0 Å². The smallest absolute Gasteiger partial charge is 0.221 e. The maximum atomic E-state index is 11.0. The van der Waals surface area contributed by atoms with Crippen molar-refractivity contribution < 1.29 is 14.3 Å². The van der Waals surface area contributed by atoms with Gasteiger partial charge in [-0.15, -0.1) is 0 Å². The minimum atomic E-state index is -0.264. The molecule has 1 heterocycles. The second-order valence-corrected chi connectivity index (χ2v) is 4.12. The molecule has 0 bridgehead atoms. The second kappa shape index (κ2) is 3.79. The summed E-state index contributed by atoms with van der Waals surface area (Å²) in [5.74, 6) is 0.701. The van der Waals surface area contributed by atoms with Crippen LogP contribution in [-0.2, 0) is 15.1 Å². The first-order valence-electron chi connectivity index (χ1n) is 5.15. The number of carbonyl (C=O) groups is 1. The fraction of sp³-hybridized carbons (Fsp3) is 0.417. The first-order chi connectivity index (χ1) is 7.55. The fourth-order valence-electron chi connectivity index (χ4n) is 1.67. The number of nitrogens with one attached hydrogen (secondary N) is 1. The molecule has 1 atom stereocenters. The van der Waals surface area contributed by atoms with Crippen LogP contribution in [0.1, 0.15) is 19.4 Å². The molecule has 86 valence electrons. The van der Waals surface area contributed by atoms with Crippen molar-refractivity contribution >= 4 is 11.6 Å². The minimum Gasteiger partial charge on any atom is -0.496 e. The van der Waals surface area contributed by atoms with Crippen LogP contribution in [0.25, 0.3) is 0 Å². The summed E-state index contributed by atoms with van der Waals surface area (Å²) in [5.41, 5.74) is 1.47. The Labute approximate surface area is 94.6 Å². The Morgan fingerprint density at radius 3 is 2.75 bits per heavy atom. The Kier molecular flexibility index (Phi) is 2.59. The molecule has 0 aromatic heterocycles. The highest BCUT2D eigenvalue weighted by atomic mass is 16.6. The van der Waals surface area contributed by atoms with E-state index in [0.29, 0.717) is 6.61 Å². The molecule has 4 nitrogen and oxygen atoms in total. The van der Waals surface area contributed by atoms with Gasteiger partial charge in [-0.05, 0) is 25.1 Å². The van der Waals surface area contributed by atoms with Crippen LogP contribution in [0.5, 0.6) is 5.75 Å². The van der Waals surface area contributed by atoms with Crippen molar-refractivity contribution in [1.82, 2.24) is 0 Å². The number of anilines is 1. The van der Waals surface area contributed by atoms with E-state index in [1.165, 1.54) is 6.92 Å². The van der Waals surface area contributed by atoms with Gasteiger partial charge in [0.15, 0.2) is 0 Å². The van der Waals surface area contributed by atoms with Crippen LogP contribution in [0.15, 0.2) is 18.2 Å². The van der Waals surface area contributed by atoms with Gasteiger partial charge in [0.2, 0.25) is 5.91 Å². The van der Waals surface area contributed by atoms with E-state index in [-0.39, 0.29) is 11.5 Å². The maximum Gasteiger partial charge on any atom is 0.221 e. The Bertz CT molecular complexity index is 424. The van der Waals surface area contributed by atoms with Crippen molar-refractivity contribution in [3.05, 3.63) is 23.8 Å². The lowest BCUT2D eigenvalue weighted by molar-refractivity contribution is -0.114. The molecular formula is C12H15NO3. The molecule has 1 aromatic carbocycles. The van der Waals surface area contributed by atoms with Crippen molar-refractivity contribution in [2.75, 3.05) is 19.0 Å². The van der Waals surface area contributed by atoms with Gasteiger partial charge >= 0.3 is 0 Å². The largest absolute Gasteiger partial charge is 0.496 e. The zero-order chi connectivity index (χ0) is 11.8. The summed E-state index contributed by atoms with van der Waals surface area (Å²) >= 11 is 0. The second-order valence-electron chi connectivity index (χ2n) is 4.12. The van der Waals surface area contributed by atoms with E-state index in [1.54, 1.807) is 7.11 Å². The number of amides is 1. The van der Waals surface area contributed by atoms with Gasteiger partial charge in [0.25, 0.3) is 0 Å². The number of hydrogen-bond donors (Lipinski definition) is 1. The number of methoxy groups -OCH3 is 1. The first-order valence-corrected chi connectivity index (χ1v) is 5.15. The molecular weight excluding hydrogens is 206 g/mol. The molecule has 1 N–H and O–H groups in total. The molecule has 0 radical (unpaired) electrons. The third kappa shape index (κ3) is 2.02. The lowest BCUT2D eigenvalue weighted by Crippen LogP contribution is -2.09. The highest BCUT2D eigenvalue weighted by molar-refractivity contribution is 5.88. The molecule has 1 amide bonds. The van der Waals surface area contributed by atoms with Gasteiger partial charge in [0, 0.05) is 18.2 Å². The van der Waals surface area contributed by atoms with Crippen LogP contribution in [0.2, 0.25) is 0 Å². The summed E-state index contributed by atoms with van der Waals surface area (Å²) in [6.07, 6.45) is 0. The number of rotatable bonds is 3. The van der Waals surface area contributed by atoms with E-state index in [1.807, 2.05) is 25.1 Å². The van der Waals surface area contributed by atoms with Crippen LogP contribution in [0.4, 0.5) is 5.69 Å². The van der Waals surface area contributed by atoms with Gasteiger partial charge in [-0.25, -0.2) is 0 Å². The van der Waals surface area contributed by atoms with Crippen molar-refractivity contribution in [2.24, 2.45) is 0 Å². The topological polar surface area (TPSA) is 50.9 Å². The molecule has 4 heteroatoms. The fourth-order valence-corrected chi connectivity index (χ4v) is 1.67. The van der Waals surface area contributed by atoms with Crippen LogP contribution < -0.4 is 10.1 Å². The highest BCUT2D eigenvalue weighted by Gasteiger charge is 2.43. The van der Waals surface area contributed by atoms with E-state index in [4.69, 9.17) is 9.47 Å². The van der Waals surface area contributed by atoms with Crippen molar-refractivity contribution in [3.8, 4) is 5.75 Å². The molecule has 1 saturated heterocycles. The minimum absolute atomic E-state index is 0.0852. The molecule has 2 rings (SSSR count). The van der Waals surface area contributed by atoms with Crippen LogP contribution >= 0.6 is 0 Å².